The first-order chi connectivity index (χ1) is 13.4. The third-order valence-electron chi connectivity index (χ3n) is 4.46. The molecule has 0 aliphatic heterocycles. The number of nitrogens with one attached hydrogen (secondary N) is 1. The summed E-state index contributed by atoms with van der Waals surface area (Å²) in [5.74, 6) is 1.19. The predicted octanol–water partition coefficient (Wildman–Crippen LogP) is 4.20. The molecular weight excluding hydrogens is 376 g/mol. The molecule has 0 aliphatic carbocycles. The molecule has 0 unspecified atom stereocenters. The van der Waals surface area contributed by atoms with E-state index >= 15 is 0 Å². The van der Waals surface area contributed by atoms with Crippen LogP contribution in [0.1, 0.15) is 32.3 Å². The molecule has 0 spiro atoms. The van der Waals surface area contributed by atoms with Crippen LogP contribution in [0.5, 0.6) is 17.2 Å². The quantitative estimate of drug-likeness (QED) is 0.464. The van der Waals surface area contributed by atoms with Gasteiger partial charge in [-0.3, -0.25) is 4.57 Å². The minimum atomic E-state index is -0.0794. The lowest BCUT2D eigenvalue weighted by molar-refractivity contribution is 0.416. The molecule has 0 fully saturated rings. The molecule has 1 aromatic heterocycles. The van der Waals surface area contributed by atoms with Gasteiger partial charge in [-0.05, 0) is 42.7 Å². The summed E-state index contributed by atoms with van der Waals surface area (Å²) in [6.07, 6.45) is 0. The zero-order valence-corrected chi connectivity index (χ0v) is 17.2. The highest BCUT2D eigenvalue weighted by atomic mass is 32.1. The van der Waals surface area contributed by atoms with Gasteiger partial charge >= 0.3 is 0 Å². The second kappa shape index (κ2) is 8.02. The maximum atomic E-state index is 10.5. The predicted molar refractivity (Wildman–Crippen MR) is 112 cm³/mol. The number of anilines is 1. The summed E-state index contributed by atoms with van der Waals surface area (Å²) in [6, 6.07) is 8.70. The second-order valence-electron chi connectivity index (χ2n) is 6.66. The number of aromatic hydroxyl groups is 2. The van der Waals surface area contributed by atoms with E-state index in [0.717, 1.165) is 23.7 Å². The van der Waals surface area contributed by atoms with Crippen LogP contribution in [0.2, 0.25) is 0 Å². The van der Waals surface area contributed by atoms with E-state index in [1.54, 1.807) is 17.7 Å². The molecule has 0 atom stereocenters. The lowest BCUT2D eigenvalue weighted by Crippen LogP contribution is -2.03. The third-order valence-corrected chi connectivity index (χ3v) is 4.75. The summed E-state index contributed by atoms with van der Waals surface area (Å²) < 4.78 is 7.14. The fraction of sp³-hybridized carbons (Fsp3) is 0.300. The molecule has 0 bridgehead atoms. The SMILES string of the molecule is CCNc1cc(-n2c(S)nnc2-c2cc(C(C)C)c(O)cc2O)ccc1OC. The largest absolute Gasteiger partial charge is 0.508 e. The highest BCUT2D eigenvalue weighted by Gasteiger charge is 2.20. The van der Waals surface area contributed by atoms with Gasteiger partial charge in [0, 0.05) is 12.6 Å². The van der Waals surface area contributed by atoms with Crippen molar-refractivity contribution in [1.29, 1.82) is 0 Å². The molecule has 0 radical (unpaired) electrons. The topological polar surface area (TPSA) is 92.4 Å². The van der Waals surface area contributed by atoms with Gasteiger partial charge in [-0.1, -0.05) is 13.8 Å². The first-order valence-corrected chi connectivity index (χ1v) is 9.45. The number of methoxy groups -OCH3 is 1. The van der Waals surface area contributed by atoms with Gasteiger partial charge in [-0.2, -0.15) is 0 Å². The Morgan fingerprint density at radius 2 is 1.89 bits per heavy atom. The number of benzene rings is 2. The number of phenolic OH excluding ortho intramolecular Hbond substituents is 2. The van der Waals surface area contributed by atoms with Crippen molar-refractivity contribution in [3.8, 4) is 34.3 Å². The number of aromatic nitrogens is 3. The van der Waals surface area contributed by atoms with Gasteiger partial charge in [0.2, 0.25) is 0 Å². The van der Waals surface area contributed by atoms with Crippen LogP contribution in [0.15, 0.2) is 35.5 Å². The van der Waals surface area contributed by atoms with Crippen molar-refractivity contribution in [2.24, 2.45) is 0 Å². The van der Waals surface area contributed by atoms with E-state index in [4.69, 9.17) is 4.74 Å². The van der Waals surface area contributed by atoms with Gasteiger partial charge in [0.1, 0.15) is 17.2 Å². The zero-order chi connectivity index (χ0) is 20.4. The van der Waals surface area contributed by atoms with Crippen molar-refractivity contribution in [2.75, 3.05) is 19.0 Å². The van der Waals surface area contributed by atoms with E-state index in [0.29, 0.717) is 22.1 Å². The van der Waals surface area contributed by atoms with E-state index in [2.05, 4.69) is 28.1 Å². The Morgan fingerprint density at radius 3 is 2.54 bits per heavy atom. The Bertz CT molecular complexity index is 1000. The molecule has 3 aromatic rings. The van der Waals surface area contributed by atoms with Crippen molar-refractivity contribution >= 4 is 18.3 Å². The molecule has 2 aromatic carbocycles. The van der Waals surface area contributed by atoms with E-state index in [1.807, 2.05) is 39.0 Å². The smallest absolute Gasteiger partial charge is 0.193 e. The maximum absolute atomic E-state index is 10.5. The van der Waals surface area contributed by atoms with Gasteiger partial charge in [-0.25, -0.2) is 0 Å². The molecule has 28 heavy (non-hydrogen) atoms. The van der Waals surface area contributed by atoms with Gasteiger partial charge in [-0.15, -0.1) is 22.8 Å². The minimum Gasteiger partial charge on any atom is -0.508 e. The Morgan fingerprint density at radius 1 is 1.14 bits per heavy atom. The van der Waals surface area contributed by atoms with Crippen LogP contribution in [0, 0.1) is 0 Å². The number of nitrogens with zero attached hydrogens (tertiary/aromatic N) is 3. The molecule has 8 heteroatoms. The number of hydrogen-bond donors (Lipinski definition) is 4. The summed E-state index contributed by atoms with van der Waals surface area (Å²) in [7, 11) is 1.62. The summed E-state index contributed by atoms with van der Waals surface area (Å²) in [5, 5.41) is 32.5. The Balaban J connectivity index is 2.19. The monoisotopic (exact) mass is 400 g/mol. The normalized spacial score (nSPS) is 11.1. The number of rotatable bonds is 6. The van der Waals surface area contributed by atoms with Crippen LogP contribution < -0.4 is 10.1 Å². The van der Waals surface area contributed by atoms with Crippen LogP contribution in [0.3, 0.4) is 0 Å². The van der Waals surface area contributed by atoms with Crippen LogP contribution in [-0.4, -0.2) is 38.6 Å². The summed E-state index contributed by atoms with van der Waals surface area (Å²) >= 11 is 4.44. The van der Waals surface area contributed by atoms with E-state index < -0.39 is 0 Å². The van der Waals surface area contributed by atoms with E-state index in [-0.39, 0.29) is 17.4 Å². The van der Waals surface area contributed by atoms with Crippen molar-refractivity contribution < 1.29 is 14.9 Å². The average Bonchev–Trinajstić information content (AvgIpc) is 3.03. The van der Waals surface area contributed by atoms with Gasteiger partial charge in [0.05, 0.1) is 24.0 Å². The molecule has 0 amide bonds. The molecule has 3 N–H and O–H groups in total. The Labute approximate surface area is 169 Å². The molecule has 0 saturated heterocycles. The van der Waals surface area contributed by atoms with Crippen molar-refractivity contribution in [1.82, 2.24) is 14.8 Å². The van der Waals surface area contributed by atoms with E-state index in [9.17, 15) is 10.2 Å². The van der Waals surface area contributed by atoms with Gasteiger partial charge in [0.25, 0.3) is 0 Å². The Kier molecular flexibility index (Phi) is 5.69. The molecule has 148 valence electrons. The standard InChI is InChI=1S/C20H24N4O3S/c1-5-21-15-8-12(6-7-18(15)27-4)24-19(22-23-20(24)28)14-9-13(11(2)3)16(25)10-17(14)26/h6-11,21,25-26H,5H2,1-4H3,(H,23,28). The Hall–Kier alpha value is -2.87. The highest BCUT2D eigenvalue weighted by Crippen LogP contribution is 2.39. The molecular formula is C20H24N4O3S. The van der Waals surface area contributed by atoms with Crippen molar-refractivity contribution in [3.63, 3.8) is 0 Å². The molecule has 0 saturated carbocycles. The highest BCUT2D eigenvalue weighted by molar-refractivity contribution is 7.80. The summed E-state index contributed by atoms with van der Waals surface area (Å²) in [5.41, 5.74) is 2.77. The van der Waals surface area contributed by atoms with Gasteiger partial charge < -0.3 is 20.3 Å². The molecule has 0 aliphatic rings. The molecule has 1 heterocycles. The molecule has 7 nitrogen and oxygen atoms in total. The van der Waals surface area contributed by atoms with Crippen molar-refractivity contribution in [3.05, 3.63) is 35.9 Å². The second-order valence-corrected chi connectivity index (χ2v) is 7.06. The maximum Gasteiger partial charge on any atom is 0.193 e. The first kappa shape index (κ1) is 19.9. The van der Waals surface area contributed by atoms with Gasteiger partial charge in [0.15, 0.2) is 11.0 Å². The lowest BCUT2D eigenvalue weighted by Gasteiger charge is -2.16. The van der Waals surface area contributed by atoms with Crippen molar-refractivity contribution in [2.45, 2.75) is 31.8 Å². The fourth-order valence-corrected chi connectivity index (χ4v) is 3.34. The first-order valence-electron chi connectivity index (χ1n) is 9.00. The zero-order valence-electron chi connectivity index (χ0n) is 16.3. The number of thiol groups is 1. The lowest BCUT2D eigenvalue weighted by atomic mass is 9.98. The number of phenols is 2. The number of ether oxygens (including phenoxy) is 1. The minimum absolute atomic E-state index is 0.0484. The van der Waals surface area contributed by atoms with E-state index in [1.165, 1.54) is 6.07 Å². The summed E-state index contributed by atoms with van der Waals surface area (Å²) in [6.45, 7) is 6.68. The average molecular weight is 401 g/mol. The van der Waals surface area contributed by atoms with Crippen LogP contribution >= 0.6 is 12.6 Å². The van der Waals surface area contributed by atoms with Crippen LogP contribution in [0.4, 0.5) is 5.69 Å². The molecule has 3 rings (SSSR count). The van der Waals surface area contributed by atoms with Crippen LogP contribution in [0.25, 0.3) is 17.1 Å². The fourth-order valence-electron chi connectivity index (χ4n) is 3.09. The number of hydrogen-bond acceptors (Lipinski definition) is 7. The summed E-state index contributed by atoms with van der Waals surface area (Å²) in [4.78, 5) is 0. The van der Waals surface area contributed by atoms with Crippen LogP contribution in [-0.2, 0) is 0 Å². The third kappa shape index (κ3) is 3.60.